The third-order valence-electron chi connectivity index (χ3n) is 2.66. The summed E-state index contributed by atoms with van der Waals surface area (Å²) in [6, 6.07) is 0. The van der Waals surface area contributed by atoms with Crippen LogP contribution in [0.3, 0.4) is 0 Å². The van der Waals surface area contributed by atoms with Crippen LogP contribution in [0, 0.1) is 0 Å². The second-order valence-corrected chi connectivity index (χ2v) is 4.03. The Morgan fingerprint density at radius 1 is 1.50 bits per heavy atom. The highest BCUT2D eigenvalue weighted by atomic mass is 16.6. The first-order valence-corrected chi connectivity index (χ1v) is 5.79. The van der Waals surface area contributed by atoms with E-state index < -0.39 is 18.3 Å². The molecule has 0 bridgehead atoms. The highest BCUT2D eigenvalue weighted by Gasteiger charge is 2.38. The van der Waals surface area contributed by atoms with Crippen molar-refractivity contribution in [3.05, 3.63) is 0 Å². The molecule has 1 rings (SSSR count). The van der Waals surface area contributed by atoms with E-state index in [-0.39, 0.29) is 19.2 Å². The van der Waals surface area contributed by atoms with Crippen LogP contribution in [0.5, 0.6) is 0 Å². The average molecular weight is 232 g/mol. The van der Waals surface area contributed by atoms with Gasteiger partial charge in [-0.1, -0.05) is 19.8 Å². The van der Waals surface area contributed by atoms with Crippen LogP contribution >= 0.6 is 0 Å². The van der Waals surface area contributed by atoms with Crippen molar-refractivity contribution in [2.45, 2.75) is 50.9 Å². The van der Waals surface area contributed by atoms with Gasteiger partial charge >= 0.3 is 5.97 Å². The van der Waals surface area contributed by atoms with Gasteiger partial charge in [-0.2, -0.15) is 0 Å². The Kier molecular flexibility index (Phi) is 5.73. The van der Waals surface area contributed by atoms with Gasteiger partial charge in [0.15, 0.2) is 6.10 Å². The van der Waals surface area contributed by atoms with Gasteiger partial charge in [0, 0.05) is 6.42 Å². The molecule has 16 heavy (non-hydrogen) atoms. The maximum Gasteiger partial charge on any atom is 0.306 e. The summed E-state index contributed by atoms with van der Waals surface area (Å²) in [5.41, 5.74) is 0. The molecule has 0 aromatic carbocycles. The maximum atomic E-state index is 11.4. The Morgan fingerprint density at radius 3 is 2.88 bits per heavy atom. The van der Waals surface area contributed by atoms with Gasteiger partial charge in [0.25, 0.3) is 0 Å². The summed E-state index contributed by atoms with van der Waals surface area (Å²) < 4.78 is 10.2. The quantitative estimate of drug-likeness (QED) is 0.506. The molecule has 5 nitrogen and oxygen atoms in total. The molecule has 0 saturated carbocycles. The van der Waals surface area contributed by atoms with Crippen molar-refractivity contribution in [2.24, 2.45) is 0 Å². The van der Waals surface area contributed by atoms with Gasteiger partial charge in [-0.25, -0.2) is 0 Å². The normalized spacial score (nSPS) is 29.3. The van der Waals surface area contributed by atoms with Gasteiger partial charge in [-0.15, -0.1) is 0 Å². The van der Waals surface area contributed by atoms with Crippen LogP contribution in [-0.4, -0.2) is 47.7 Å². The summed E-state index contributed by atoms with van der Waals surface area (Å²) in [6.45, 7) is 1.92. The first kappa shape index (κ1) is 13.4. The SMILES string of the molecule is CCCCCC(=O)OC1C(O)COC1CO. The van der Waals surface area contributed by atoms with E-state index in [9.17, 15) is 9.90 Å². The van der Waals surface area contributed by atoms with Gasteiger partial charge in [-0.3, -0.25) is 4.79 Å². The number of ether oxygens (including phenoxy) is 2. The minimum atomic E-state index is -0.827. The standard InChI is InChI=1S/C11H20O5/c1-2-3-4-5-10(14)16-11-8(13)7-15-9(11)6-12/h8-9,11-13H,2-7H2,1H3. The molecule has 0 radical (unpaired) electrons. The molecule has 0 amide bonds. The molecule has 3 unspecified atom stereocenters. The van der Waals surface area contributed by atoms with Crippen molar-refractivity contribution in [1.29, 1.82) is 0 Å². The van der Waals surface area contributed by atoms with Crippen LogP contribution in [-0.2, 0) is 14.3 Å². The molecule has 2 N–H and O–H groups in total. The van der Waals surface area contributed by atoms with E-state index in [2.05, 4.69) is 6.92 Å². The number of hydrogen-bond donors (Lipinski definition) is 2. The zero-order chi connectivity index (χ0) is 12.0. The van der Waals surface area contributed by atoms with E-state index >= 15 is 0 Å². The van der Waals surface area contributed by atoms with Gasteiger partial charge in [-0.05, 0) is 6.42 Å². The Morgan fingerprint density at radius 2 is 2.25 bits per heavy atom. The Balaban J connectivity index is 2.31. The summed E-state index contributed by atoms with van der Waals surface area (Å²) in [4.78, 5) is 11.4. The van der Waals surface area contributed by atoms with E-state index in [1.54, 1.807) is 0 Å². The third-order valence-corrected chi connectivity index (χ3v) is 2.66. The minimum absolute atomic E-state index is 0.109. The molecule has 1 fully saturated rings. The van der Waals surface area contributed by atoms with Gasteiger partial charge in [0.1, 0.15) is 12.2 Å². The lowest BCUT2D eigenvalue weighted by Crippen LogP contribution is -2.37. The first-order chi connectivity index (χ1) is 7.69. The monoisotopic (exact) mass is 232 g/mol. The van der Waals surface area contributed by atoms with Crippen molar-refractivity contribution in [2.75, 3.05) is 13.2 Å². The van der Waals surface area contributed by atoms with Crippen LogP contribution in [0.15, 0.2) is 0 Å². The van der Waals surface area contributed by atoms with Crippen LogP contribution in [0.25, 0.3) is 0 Å². The predicted octanol–water partition coefficient (Wildman–Crippen LogP) is 0.230. The van der Waals surface area contributed by atoms with Crippen LogP contribution in [0.2, 0.25) is 0 Å². The summed E-state index contributed by atoms with van der Waals surface area (Å²) in [7, 11) is 0. The highest BCUT2D eigenvalue weighted by molar-refractivity contribution is 5.69. The Bertz CT molecular complexity index is 218. The van der Waals surface area contributed by atoms with Crippen LogP contribution in [0.1, 0.15) is 32.6 Å². The molecular weight excluding hydrogens is 212 g/mol. The van der Waals surface area contributed by atoms with Crippen molar-refractivity contribution < 1.29 is 24.5 Å². The molecule has 0 aromatic heterocycles. The number of aliphatic hydroxyl groups excluding tert-OH is 2. The zero-order valence-corrected chi connectivity index (χ0v) is 9.59. The van der Waals surface area contributed by atoms with E-state index in [4.69, 9.17) is 14.6 Å². The number of aliphatic hydroxyl groups is 2. The van der Waals surface area contributed by atoms with E-state index in [1.807, 2.05) is 0 Å². The minimum Gasteiger partial charge on any atom is -0.457 e. The first-order valence-electron chi connectivity index (χ1n) is 5.79. The zero-order valence-electron chi connectivity index (χ0n) is 9.59. The lowest BCUT2D eigenvalue weighted by atomic mass is 10.1. The summed E-state index contributed by atoms with van der Waals surface area (Å²) in [5.74, 6) is -0.332. The molecule has 0 aliphatic carbocycles. The summed E-state index contributed by atoms with van der Waals surface area (Å²) >= 11 is 0. The van der Waals surface area contributed by atoms with Crippen molar-refractivity contribution in [3.63, 3.8) is 0 Å². The molecule has 3 atom stereocenters. The number of carbonyl (C=O) groups excluding carboxylic acids is 1. The molecule has 94 valence electrons. The van der Waals surface area contributed by atoms with E-state index in [0.29, 0.717) is 6.42 Å². The highest BCUT2D eigenvalue weighted by Crippen LogP contribution is 2.18. The molecule has 0 spiro atoms. The lowest BCUT2D eigenvalue weighted by Gasteiger charge is -2.19. The Labute approximate surface area is 95.4 Å². The predicted molar refractivity (Wildman–Crippen MR) is 56.9 cm³/mol. The van der Waals surface area contributed by atoms with Gasteiger partial charge < -0.3 is 19.7 Å². The largest absolute Gasteiger partial charge is 0.457 e. The average Bonchev–Trinajstić information content (AvgIpc) is 2.61. The van der Waals surface area contributed by atoms with E-state index in [1.165, 1.54) is 0 Å². The number of rotatable bonds is 6. The van der Waals surface area contributed by atoms with Crippen molar-refractivity contribution in [1.82, 2.24) is 0 Å². The maximum absolute atomic E-state index is 11.4. The van der Waals surface area contributed by atoms with E-state index in [0.717, 1.165) is 19.3 Å². The number of hydrogen-bond acceptors (Lipinski definition) is 5. The third kappa shape index (κ3) is 3.73. The van der Waals surface area contributed by atoms with Gasteiger partial charge in [0.05, 0.1) is 13.2 Å². The fourth-order valence-corrected chi connectivity index (χ4v) is 1.70. The molecule has 1 heterocycles. The number of unbranched alkanes of at least 4 members (excludes halogenated alkanes) is 2. The molecule has 1 aliphatic heterocycles. The summed E-state index contributed by atoms with van der Waals surface area (Å²) in [5, 5.41) is 18.5. The smallest absolute Gasteiger partial charge is 0.306 e. The summed E-state index contributed by atoms with van der Waals surface area (Å²) in [6.07, 6.45) is 1.04. The van der Waals surface area contributed by atoms with Crippen LogP contribution in [0.4, 0.5) is 0 Å². The van der Waals surface area contributed by atoms with Crippen molar-refractivity contribution in [3.8, 4) is 0 Å². The molecule has 5 heteroatoms. The molecular formula is C11H20O5. The van der Waals surface area contributed by atoms with Crippen LogP contribution < -0.4 is 0 Å². The van der Waals surface area contributed by atoms with Gasteiger partial charge in [0.2, 0.25) is 0 Å². The fraction of sp³-hybridized carbons (Fsp3) is 0.909. The second kappa shape index (κ2) is 6.83. The molecule has 0 aromatic rings. The number of esters is 1. The number of carbonyl (C=O) groups is 1. The molecule has 1 saturated heterocycles. The topological polar surface area (TPSA) is 76.0 Å². The Hall–Kier alpha value is -0.650. The second-order valence-electron chi connectivity index (χ2n) is 4.03. The fourth-order valence-electron chi connectivity index (χ4n) is 1.70. The van der Waals surface area contributed by atoms with Crippen molar-refractivity contribution >= 4 is 5.97 Å². The lowest BCUT2D eigenvalue weighted by molar-refractivity contribution is -0.156. The molecule has 1 aliphatic rings.